The molecule has 0 nitrogen and oxygen atoms in total. The van der Waals surface area contributed by atoms with E-state index in [1.807, 2.05) is 0 Å². The Morgan fingerprint density at radius 3 is 1.93 bits per heavy atom. The van der Waals surface area contributed by atoms with Crippen molar-refractivity contribution in [2.24, 2.45) is 0 Å². The maximum absolute atomic E-state index is 12.4. The number of rotatable bonds is 7. The van der Waals surface area contributed by atoms with E-state index in [0.29, 0.717) is 17.4 Å². The van der Waals surface area contributed by atoms with Gasteiger partial charge in [-0.3, -0.25) is 0 Å². The van der Waals surface area contributed by atoms with E-state index in [-0.39, 0.29) is 6.42 Å². The molecule has 0 radical (unpaired) electrons. The van der Waals surface area contributed by atoms with Crippen molar-refractivity contribution >= 4 is 23.4 Å². The molecule has 0 bridgehead atoms. The van der Waals surface area contributed by atoms with Gasteiger partial charge >= 0.3 is 12.1 Å². The van der Waals surface area contributed by atoms with Crippen LogP contribution in [0.1, 0.15) is 19.3 Å². The van der Waals surface area contributed by atoms with Gasteiger partial charge in [0.2, 0.25) is 0 Å². The van der Waals surface area contributed by atoms with Crippen LogP contribution >= 0.6 is 23.4 Å². The lowest BCUT2D eigenvalue weighted by Crippen LogP contribution is -2.36. The molecule has 0 fully saturated rings. The fourth-order valence-electron chi connectivity index (χ4n) is 0.797. The molecule has 0 saturated carbocycles. The van der Waals surface area contributed by atoms with Gasteiger partial charge in [-0.05, 0) is 24.3 Å². The highest BCUT2D eigenvalue weighted by Gasteiger charge is 2.56. The normalized spacial score (nSPS) is 13.2. The van der Waals surface area contributed by atoms with Crippen LogP contribution in [0.2, 0.25) is 0 Å². The molecule has 0 atom stereocenters. The van der Waals surface area contributed by atoms with Crippen molar-refractivity contribution in [2.45, 2.75) is 31.4 Å². The minimum atomic E-state index is -5.42. The van der Waals surface area contributed by atoms with Crippen molar-refractivity contribution in [3.8, 4) is 0 Å². The first-order valence-electron chi connectivity index (χ1n) is 4.39. The van der Waals surface area contributed by atoms with Crippen molar-refractivity contribution < 1.29 is 22.0 Å². The first-order chi connectivity index (χ1) is 6.81. The van der Waals surface area contributed by atoms with Crippen molar-refractivity contribution in [1.29, 1.82) is 0 Å². The lowest BCUT2D eigenvalue weighted by atomic mass is 10.2. The average molecular weight is 271 g/mol. The second-order valence-corrected chi connectivity index (χ2v) is 4.56. The highest BCUT2D eigenvalue weighted by Crippen LogP contribution is 2.38. The van der Waals surface area contributed by atoms with Gasteiger partial charge in [0, 0.05) is 12.3 Å². The highest BCUT2D eigenvalue weighted by molar-refractivity contribution is 7.99. The summed E-state index contributed by atoms with van der Waals surface area (Å²) in [6.07, 6.45) is -5.96. The molecule has 7 heteroatoms. The third-order valence-corrected chi connectivity index (χ3v) is 3.04. The Labute approximate surface area is 94.5 Å². The number of hydrogen-bond donors (Lipinski definition) is 0. The van der Waals surface area contributed by atoms with Gasteiger partial charge in [0.25, 0.3) is 0 Å². The molecule has 0 unspecified atom stereocenters. The van der Waals surface area contributed by atoms with Crippen LogP contribution in [0.25, 0.3) is 0 Å². The minimum absolute atomic E-state index is 0.139. The topological polar surface area (TPSA) is 0 Å². The largest absolute Gasteiger partial charge is 0.453 e. The standard InChI is InChI=1S/C8H12ClF5S/c9-4-2-6-15-5-1-3-7(10,11)8(12,13)14/h1-6H2. The van der Waals surface area contributed by atoms with Gasteiger partial charge in [-0.15, -0.1) is 11.6 Å². The number of halogens is 6. The Morgan fingerprint density at radius 1 is 0.933 bits per heavy atom. The van der Waals surface area contributed by atoms with E-state index < -0.39 is 18.5 Å². The quantitative estimate of drug-likeness (QED) is 0.377. The molecule has 0 aliphatic heterocycles. The molecule has 0 saturated heterocycles. The minimum Gasteiger partial charge on any atom is -0.196 e. The summed E-state index contributed by atoms with van der Waals surface area (Å²) in [5.74, 6) is -3.07. The molecule has 0 aromatic heterocycles. The maximum Gasteiger partial charge on any atom is 0.453 e. The number of alkyl halides is 6. The van der Waals surface area contributed by atoms with Gasteiger partial charge in [0.05, 0.1) is 0 Å². The van der Waals surface area contributed by atoms with Crippen LogP contribution in [0, 0.1) is 0 Å². The zero-order chi connectivity index (χ0) is 11.9. The van der Waals surface area contributed by atoms with Crippen LogP contribution < -0.4 is 0 Å². The van der Waals surface area contributed by atoms with E-state index in [1.54, 1.807) is 0 Å². The summed E-state index contributed by atoms with van der Waals surface area (Å²) < 4.78 is 59.8. The van der Waals surface area contributed by atoms with Crippen LogP contribution in [-0.4, -0.2) is 29.5 Å². The summed E-state index contributed by atoms with van der Waals surface area (Å²) in [6, 6.07) is 0. The fourth-order valence-corrected chi connectivity index (χ4v) is 1.99. The van der Waals surface area contributed by atoms with Crippen molar-refractivity contribution in [3.05, 3.63) is 0 Å². The van der Waals surface area contributed by atoms with E-state index in [9.17, 15) is 22.0 Å². The Kier molecular flexibility index (Phi) is 6.91. The van der Waals surface area contributed by atoms with Gasteiger partial charge < -0.3 is 0 Å². The summed E-state index contributed by atoms with van der Waals surface area (Å²) in [7, 11) is 0. The van der Waals surface area contributed by atoms with Crippen LogP contribution in [-0.2, 0) is 0 Å². The molecule has 0 N–H and O–H groups in total. The predicted molar refractivity (Wildman–Crippen MR) is 52.9 cm³/mol. The van der Waals surface area contributed by atoms with Crippen LogP contribution in [0.4, 0.5) is 22.0 Å². The first-order valence-corrected chi connectivity index (χ1v) is 6.08. The average Bonchev–Trinajstić information content (AvgIpc) is 2.09. The van der Waals surface area contributed by atoms with E-state index in [2.05, 4.69) is 0 Å². The molecule has 15 heavy (non-hydrogen) atoms. The molecule has 0 aromatic rings. The van der Waals surface area contributed by atoms with E-state index >= 15 is 0 Å². The Hall–Kier alpha value is 0.290. The summed E-state index contributed by atoms with van der Waals surface area (Å²) >= 11 is 6.71. The van der Waals surface area contributed by atoms with Gasteiger partial charge in [0.15, 0.2) is 0 Å². The smallest absolute Gasteiger partial charge is 0.196 e. The van der Waals surface area contributed by atoms with E-state index in [0.717, 1.165) is 6.42 Å². The zero-order valence-electron chi connectivity index (χ0n) is 7.92. The van der Waals surface area contributed by atoms with Crippen LogP contribution in [0.5, 0.6) is 0 Å². The molecular formula is C8H12ClF5S. The van der Waals surface area contributed by atoms with E-state index in [1.165, 1.54) is 11.8 Å². The molecule has 0 spiro atoms. The van der Waals surface area contributed by atoms with Crippen LogP contribution in [0.3, 0.4) is 0 Å². The molecular weight excluding hydrogens is 259 g/mol. The fraction of sp³-hybridized carbons (Fsp3) is 1.00. The number of thioether (sulfide) groups is 1. The Morgan fingerprint density at radius 2 is 1.47 bits per heavy atom. The molecule has 0 rings (SSSR count). The highest BCUT2D eigenvalue weighted by atomic mass is 35.5. The molecule has 0 aliphatic rings. The Balaban J connectivity index is 3.58. The molecule has 0 aromatic carbocycles. The van der Waals surface area contributed by atoms with Gasteiger partial charge in [-0.1, -0.05) is 0 Å². The van der Waals surface area contributed by atoms with Gasteiger partial charge in [-0.2, -0.15) is 33.7 Å². The third kappa shape index (κ3) is 6.45. The summed E-state index contributed by atoms with van der Waals surface area (Å²) in [5.41, 5.74) is 0. The predicted octanol–water partition coefficient (Wildman–Crippen LogP) is 4.33. The van der Waals surface area contributed by atoms with Crippen molar-refractivity contribution in [2.75, 3.05) is 17.4 Å². The Bertz CT molecular complexity index is 171. The zero-order valence-corrected chi connectivity index (χ0v) is 9.49. The summed E-state index contributed by atoms with van der Waals surface area (Å²) in [6.45, 7) is 0. The molecule has 0 amide bonds. The van der Waals surface area contributed by atoms with Gasteiger partial charge in [0.1, 0.15) is 0 Å². The van der Waals surface area contributed by atoms with Crippen molar-refractivity contribution in [1.82, 2.24) is 0 Å². The molecule has 0 heterocycles. The first kappa shape index (κ1) is 15.3. The SMILES string of the molecule is FC(F)(F)C(F)(F)CCCSCCCCl. The monoisotopic (exact) mass is 270 g/mol. The molecule has 0 aliphatic carbocycles. The second-order valence-electron chi connectivity index (χ2n) is 2.96. The number of hydrogen-bond acceptors (Lipinski definition) is 1. The summed E-state index contributed by atoms with van der Waals surface area (Å²) in [5, 5.41) is 0. The second kappa shape index (κ2) is 6.78. The van der Waals surface area contributed by atoms with E-state index in [4.69, 9.17) is 11.6 Å². The lowest BCUT2D eigenvalue weighted by molar-refractivity contribution is -0.284. The maximum atomic E-state index is 12.4. The summed E-state index contributed by atoms with van der Waals surface area (Å²) in [4.78, 5) is 0. The lowest BCUT2D eigenvalue weighted by Gasteiger charge is -2.19. The molecule has 92 valence electrons. The van der Waals surface area contributed by atoms with Crippen molar-refractivity contribution in [3.63, 3.8) is 0 Å². The van der Waals surface area contributed by atoms with Crippen LogP contribution in [0.15, 0.2) is 0 Å². The van der Waals surface area contributed by atoms with Gasteiger partial charge in [-0.25, -0.2) is 0 Å². The third-order valence-electron chi connectivity index (χ3n) is 1.62.